The predicted octanol–water partition coefficient (Wildman–Crippen LogP) is 3.92. The van der Waals surface area contributed by atoms with Crippen molar-refractivity contribution in [2.75, 3.05) is 0 Å². The number of hydrogen-bond acceptors (Lipinski definition) is 2. The molecule has 0 aliphatic heterocycles. The molecule has 0 fully saturated rings. The number of rotatable bonds is 5. The molecule has 0 aromatic heterocycles. The van der Waals surface area contributed by atoms with Gasteiger partial charge in [0.1, 0.15) is 5.75 Å². The van der Waals surface area contributed by atoms with E-state index in [0.717, 1.165) is 12.0 Å². The van der Waals surface area contributed by atoms with Gasteiger partial charge in [0.05, 0.1) is 0 Å². The summed E-state index contributed by atoms with van der Waals surface area (Å²) in [6.45, 7) is 10.4. The van der Waals surface area contributed by atoms with E-state index in [1.54, 1.807) is 0 Å². The number of carboxylic acid groups (broad SMARTS) is 1. The molecule has 0 saturated heterocycles. The summed E-state index contributed by atoms with van der Waals surface area (Å²) < 4.78 is 5.62. The van der Waals surface area contributed by atoms with Gasteiger partial charge < -0.3 is 9.84 Å². The Balaban J connectivity index is 2.93. The number of aliphatic carboxylic acids is 1. The van der Waals surface area contributed by atoms with E-state index in [2.05, 4.69) is 26.8 Å². The minimum Gasteiger partial charge on any atom is -0.479 e. The van der Waals surface area contributed by atoms with Gasteiger partial charge in [0.25, 0.3) is 0 Å². The van der Waals surface area contributed by atoms with Gasteiger partial charge in [-0.05, 0) is 36.0 Å². The third kappa shape index (κ3) is 4.27. The largest absolute Gasteiger partial charge is 0.479 e. The van der Waals surface area contributed by atoms with Crippen molar-refractivity contribution in [2.24, 2.45) is 0 Å². The highest BCUT2D eigenvalue weighted by Crippen LogP contribution is 2.28. The Bertz CT molecular complexity index is 444. The molecule has 106 valence electrons. The van der Waals surface area contributed by atoms with Gasteiger partial charge in [-0.2, -0.15) is 0 Å². The van der Waals surface area contributed by atoms with Gasteiger partial charge in [-0.1, -0.05) is 46.2 Å². The van der Waals surface area contributed by atoms with Crippen molar-refractivity contribution >= 4 is 5.97 Å². The first kappa shape index (κ1) is 15.5. The van der Waals surface area contributed by atoms with E-state index in [9.17, 15) is 4.79 Å². The molecule has 0 spiro atoms. The molecule has 1 aromatic rings. The smallest absolute Gasteiger partial charge is 0.344 e. The van der Waals surface area contributed by atoms with Crippen molar-refractivity contribution < 1.29 is 14.6 Å². The van der Waals surface area contributed by atoms with Crippen LogP contribution in [0.3, 0.4) is 0 Å². The van der Waals surface area contributed by atoms with Crippen LogP contribution in [-0.2, 0) is 10.2 Å². The molecule has 1 unspecified atom stereocenters. The molecule has 0 heterocycles. The average molecular weight is 264 g/mol. The van der Waals surface area contributed by atoms with E-state index < -0.39 is 12.1 Å². The van der Waals surface area contributed by atoms with E-state index in [4.69, 9.17) is 9.84 Å². The minimum atomic E-state index is -0.902. The third-order valence-electron chi connectivity index (χ3n) is 3.14. The minimum absolute atomic E-state index is 0.0822. The molecule has 0 saturated carbocycles. The van der Waals surface area contributed by atoms with Gasteiger partial charge >= 0.3 is 5.97 Å². The summed E-state index contributed by atoms with van der Waals surface area (Å²) in [6.07, 6.45) is 0.551. The first-order chi connectivity index (χ1) is 8.75. The number of carboxylic acids is 1. The van der Waals surface area contributed by atoms with E-state index in [0.29, 0.717) is 12.2 Å². The van der Waals surface area contributed by atoms with Crippen LogP contribution in [0.25, 0.3) is 0 Å². The lowest BCUT2D eigenvalue weighted by atomic mass is 9.86. The van der Waals surface area contributed by atoms with Crippen LogP contribution in [0.2, 0.25) is 0 Å². The monoisotopic (exact) mass is 264 g/mol. The van der Waals surface area contributed by atoms with Crippen molar-refractivity contribution in [3.8, 4) is 5.75 Å². The Morgan fingerprint density at radius 1 is 1.37 bits per heavy atom. The van der Waals surface area contributed by atoms with Crippen LogP contribution >= 0.6 is 0 Å². The fourth-order valence-electron chi connectivity index (χ4n) is 1.90. The lowest BCUT2D eigenvalue weighted by Crippen LogP contribution is -2.27. The Labute approximate surface area is 115 Å². The molecule has 1 atom stereocenters. The maximum absolute atomic E-state index is 11.1. The van der Waals surface area contributed by atoms with E-state index in [-0.39, 0.29) is 5.41 Å². The Hall–Kier alpha value is -1.51. The summed E-state index contributed by atoms with van der Waals surface area (Å²) >= 11 is 0. The summed E-state index contributed by atoms with van der Waals surface area (Å²) in [5.74, 6) is -0.241. The lowest BCUT2D eigenvalue weighted by Gasteiger charge is -2.22. The first-order valence-electron chi connectivity index (χ1n) is 6.76. The second-order valence-corrected chi connectivity index (χ2v) is 5.96. The summed E-state index contributed by atoms with van der Waals surface area (Å²) in [5.41, 5.74) is 2.29. The normalized spacial score (nSPS) is 13.1. The molecule has 0 aliphatic rings. The predicted molar refractivity (Wildman–Crippen MR) is 76.8 cm³/mol. The summed E-state index contributed by atoms with van der Waals surface area (Å²) in [7, 11) is 0. The Morgan fingerprint density at radius 2 is 2.00 bits per heavy atom. The SMILES string of the molecule is CCCC(Oc1ccc(C(C)(C)C)cc1C)C(=O)O. The van der Waals surface area contributed by atoms with Crippen LogP contribution in [0, 0.1) is 6.92 Å². The van der Waals surface area contributed by atoms with E-state index >= 15 is 0 Å². The highest BCUT2D eigenvalue weighted by molar-refractivity contribution is 5.72. The molecule has 3 nitrogen and oxygen atoms in total. The molecule has 19 heavy (non-hydrogen) atoms. The van der Waals surface area contributed by atoms with Crippen LogP contribution in [0.15, 0.2) is 18.2 Å². The van der Waals surface area contributed by atoms with Crippen LogP contribution < -0.4 is 4.74 Å². The van der Waals surface area contributed by atoms with Gasteiger partial charge in [0.15, 0.2) is 6.10 Å². The van der Waals surface area contributed by atoms with Gasteiger partial charge in [-0.25, -0.2) is 4.79 Å². The summed E-state index contributed by atoms with van der Waals surface area (Å²) in [6, 6.07) is 5.95. The number of carbonyl (C=O) groups is 1. The average Bonchev–Trinajstić information content (AvgIpc) is 2.29. The molecule has 0 amide bonds. The summed E-state index contributed by atoms with van der Waals surface area (Å²) in [4.78, 5) is 11.1. The van der Waals surface area contributed by atoms with Crippen LogP contribution in [0.4, 0.5) is 0 Å². The Kier molecular flexibility index (Phi) is 4.98. The van der Waals surface area contributed by atoms with E-state index in [1.165, 1.54) is 5.56 Å². The fraction of sp³-hybridized carbons (Fsp3) is 0.562. The lowest BCUT2D eigenvalue weighted by molar-refractivity contribution is -0.145. The van der Waals surface area contributed by atoms with Crippen LogP contribution in [0.5, 0.6) is 5.75 Å². The molecular weight excluding hydrogens is 240 g/mol. The van der Waals surface area contributed by atoms with Gasteiger partial charge in [0, 0.05) is 0 Å². The standard InChI is InChI=1S/C16H24O3/c1-6-7-14(15(17)18)19-13-9-8-12(10-11(13)2)16(3,4)5/h8-10,14H,6-7H2,1-5H3,(H,17,18). The Morgan fingerprint density at radius 3 is 2.42 bits per heavy atom. The molecule has 3 heteroatoms. The molecule has 1 aromatic carbocycles. The van der Waals surface area contributed by atoms with Crippen molar-refractivity contribution in [2.45, 2.75) is 59.0 Å². The highest BCUT2D eigenvalue weighted by atomic mass is 16.5. The molecule has 1 rings (SSSR count). The molecular formula is C16H24O3. The number of aryl methyl sites for hydroxylation is 1. The van der Waals surface area contributed by atoms with Gasteiger partial charge in [-0.3, -0.25) is 0 Å². The number of hydrogen-bond donors (Lipinski definition) is 1. The quantitative estimate of drug-likeness (QED) is 0.876. The summed E-state index contributed by atoms with van der Waals surface area (Å²) in [5, 5.41) is 9.12. The van der Waals surface area contributed by atoms with Crippen molar-refractivity contribution in [1.82, 2.24) is 0 Å². The van der Waals surface area contributed by atoms with Gasteiger partial charge in [-0.15, -0.1) is 0 Å². The molecule has 0 bridgehead atoms. The van der Waals surface area contributed by atoms with Crippen molar-refractivity contribution in [1.29, 1.82) is 0 Å². The van der Waals surface area contributed by atoms with E-state index in [1.807, 2.05) is 26.0 Å². The first-order valence-corrected chi connectivity index (χ1v) is 6.76. The molecule has 0 radical (unpaired) electrons. The number of benzene rings is 1. The maximum Gasteiger partial charge on any atom is 0.344 e. The number of ether oxygens (including phenoxy) is 1. The fourth-order valence-corrected chi connectivity index (χ4v) is 1.90. The third-order valence-corrected chi connectivity index (χ3v) is 3.14. The zero-order chi connectivity index (χ0) is 14.6. The molecule has 0 aliphatic carbocycles. The van der Waals surface area contributed by atoms with Gasteiger partial charge in [0.2, 0.25) is 0 Å². The highest BCUT2D eigenvalue weighted by Gasteiger charge is 2.20. The van der Waals surface area contributed by atoms with Crippen LogP contribution in [0.1, 0.15) is 51.7 Å². The second-order valence-electron chi connectivity index (χ2n) is 5.96. The second kappa shape index (κ2) is 6.09. The van der Waals surface area contributed by atoms with Crippen molar-refractivity contribution in [3.05, 3.63) is 29.3 Å². The van der Waals surface area contributed by atoms with Crippen molar-refractivity contribution in [3.63, 3.8) is 0 Å². The zero-order valence-corrected chi connectivity index (χ0v) is 12.5. The molecule has 1 N–H and O–H groups in total. The topological polar surface area (TPSA) is 46.5 Å². The zero-order valence-electron chi connectivity index (χ0n) is 12.5. The van der Waals surface area contributed by atoms with Crippen LogP contribution in [-0.4, -0.2) is 17.2 Å². The maximum atomic E-state index is 11.1.